The maximum Gasteiger partial charge on any atom is 0.222 e. The molecule has 3 rings (SSSR count). The van der Waals surface area contributed by atoms with Gasteiger partial charge in [0.15, 0.2) is 0 Å². The molecule has 2 aliphatic rings. The van der Waals surface area contributed by atoms with E-state index in [1.807, 2.05) is 6.07 Å². The summed E-state index contributed by atoms with van der Waals surface area (Å²) >= 11 is 0. The maximum atomic E-state index is 13.4. The van der Waals surface area contributed by atoms with Gasteiger partial charge < -0.3 is 5.32 Å². The Bertz CT molecular complexity index is 500. The molecule has 108 valence electrons. The lowest BCUT2D eigenvalue weighted by Gasteiger charge is -2.27. The highest BCUT2D eigenvalue weighted by atomic mass is 19.1. The van der Waals surface area contributed by atoms with Crippen molar-refractivity contribution in [2.45, 2.75) is 44.2 Å². The molecule has 1 aliphatic heterocycles. The van der Waals surface area contributed by atoms with E-state index in [2.05, 4.69) is 16.2 Å². The highest BCUT2D eigenvalue weighted by molar-refractivity contribution is 5.77. The predicted octanol–water partition coefficient (Wildman–Crippen LogP) is 1.58. The molecule has 3 N–H and O–H groups in total. The molecule has 0 saturated carbocycles. The van der Waals surface area contributed by atoms with E-state index in [4.69, 9.17) is 0 Å². The molecule has 1 amide bonds. The number of rotatable bonds is 3. The summed E-state index contributed by atoms with van der Waals surface area (Å²) in [5.74, 6) is -0.195. The van der Waals surface area contributed by atoms with E-state index in [0.717, 1.165) is 43.4 Å². The van der Waals surface area contributed by atoms with Crippen LogP contribution in [0.15, 0.2) is 18.2 Å². The van der Waals surface area contributed by atoms with Gasteiger partial charge in [-0.25, -0.2) is 4.39 Å². The Morgan fingerprint density at radius 2 is 2.30 bits per heavy atom. The maximum absolute atomic E-state index is 13.4. The van der Waals surface area contributed by atoms with Crippen LogP contribution in [-0.4, -0.2) is 18.5 Å². The molecule has 0 spiro atoms. The van der Waals surface area contributed by atoms with Gasteiger partial charge in [-0.2, -0.15) is 0 Å². The van der Waals surface area contributed by atoms with Gasteiger partial charge in [0, 0.05) is 19.0 Å². The van der Waals surface area contributed by atoms with Gasteiger partial charge >= 0.3 is 0 Å². The molecule has 0 radical (unpaired) electrons. The number of fused-ring (bicyclic) bond motifs is 1. The van der Waals surface area contributed by atoms with Gasteiger partial charge in [0.05, 0.1) is 6.04 Å². The fraction of sp³-hybridized carbons (Fsp3) is 0.533. The fourth-order valence-corrected chi connectivity index (χ4v) is 3.09. The number of hydrogen-bond acceptors (Lipinski definition) is 3. The van der Waals surface area contributed by atoms with Crippen molar-refractivity contribution in [1.29, 1.82) is 0 Å². The van der Waals surface area contributed by atoms with Crippen LogP contribution >= 0.6 is 0 Å². The van der Waals surface area contributed by atoms with Gasteiger partial charge in [-0.1, -0.05) is 6.07 Å². The van der Waals surface area contributed by atoms with Crippen molar-refractivity contribution in [3.63, 3.8) is 0 Å². The quantitative estimate of drug-likeness (QED) is 0.786. The van der Waals surface area contributed by atoms with Crippen molar-refractivity contribution >= 4 is 5.91 Å². The lowest BCUT2D eigenvalue weighted by atomic mass is 9.87. The van der Waals surface area contributed by atoms with Gasteiger partial charge in [0.25, 0.3) is 0 Å². The van der Waals surface area contributed by atoms with Crippen molar-refractivity contribution in [2.75, 3.05) is 6.54 Å². The standard InChI is InChI=1S/C15H20FN3O/c16-11-5-4-10-2-1-3-14(13(10)8-11)18-15(20)9-12-6-7-17-19-12/h4-5,8,12,14,17,19H,1-3,6-7,9H2,(H,18,20). The van der Waals surface area contributed by atoms with E-state index in [1.165, 1.54) is 6.07 Å². The largest absolute Gasteiger partial charge is 0.349 e. The lowest BCUT2D eigenvalue weighted by molar-refractivity contribution is -0.122. The monoisotopic (exact) mass is 277 g/mol. The van der Waals surface area contributed by atoms with Crippen molar-refractivity contribution in [3.05, 3.63) is 35.1 Å². The van der Waals surface area contributed by atoms with Crippen LogP contribution in [0.25, 0.3) is 0 Å². The number of carbonyl (C=O) groups excluding carboxylic acids is 1. The summed E-state index contributed by atoms with van der Waals surface area (Å²) in [6, 6.07) is 5.05. The topological polar surface area (TPSA) is 53.2 Å². The Hall–Kier alpha value is -1.46. The Balaban J connectivity index is 1.66. The number of hydrogen-bond donors (Lipinski definition) is 3. The molecule has 1 aromatic rings. The normalized spacial score (nSPS) is 25.2. The second-order valence-electron chi connectivity index (χ2n) is 5.62. The highest BCUT2D eigenvalue weighted by Crippen LogP contribution is 2.30. The second kappa shape index (κ2) is 5.89. The minimum Gasteiger partial charge on any atom is -0.349 e. The summed E-state index contributed by atoms with van der Waals surface area (Å²) in [7, 11) is 0. The Morgan fingerprint density at radius 3 is 3.10 bits per heavy atom. The third kappa shape index (κ3) is 2.99. The number of aryl methyl sites for hydroxylation is 1. The molecule has 1 saturated heterocycles. The third-order valence-corrected chi connectivity index (χ3v) is 4.11. The molecule has 0 bridgehead atoms. The van der Waals surface area contributed by atoms with Crippen LogP contribution in [0, 0.1) is 5.82 Å². The van der Waals surface area contributed by atoms with E-state index in [9.17, 15) is 9.18 Å². The molecule has 2 unspecified atom stereocenters. The number of amides is 1. The zero-order valence-electron chi connectivity index (χ0n) is 11.4. The molecule has 1 fully saturated rings. The first-order valence-electron chi connectivity index (χ1n) is 7.28. The van der Waals surface area contributed by atoms with Gasteiger partial charge in [-0.05, 0) is 48.9 Å². The minimum absolute atomic E-state index is 0.0355. The molecule has 20 heavy (non-hydrogen) atoms. The smallest absolute Gasteiger partial charge is 0.222 e. The first kappa shape index (κ1) is 13.5. The van der Waals surface area contributed by atoms with Crippen molar-refractivity contribution < 1.29 is 9.18 Å². The SMILES string of the molecule is O=C(CC1CCNN1)NC1CCCc2ccc(F)cc21. The van der Waals surface area contributed by atoms with Crippen LogP contribution in [0.2, 0.25) is 0 Å². The average Bonchev–Trinajstić information content (AvgIpc) is 2.92. The third-order valence-electron chi connectivity index (χ3n) is 4.11. The fourth-order valence-electron chi connectivity index (χ4n) is 3.09. The van der Waals surface area contributed by atoms with Crippen LogP contribution in [0.4, 0.5) is 4.39 Å². The van der Waals surface area contributed by atoms with Crippen LogP contribution in [0.5, 0.6) is 0 Å². The van der Waals surface area contributed by atoms with Crippen LogP contribution < -0.4 is 16.2 Å². The number of nitrogens with one attached hydrogen (secondary N) is 3. The summed E-state index contributed by atoms with van der Waals surface area (Å²) < 4.78 is 13.4. The first-order valence-corrected chi connectivity index (χ1v) is 7.28. The van der Waals surface area contributed by atoms with Gasteiger partial charge in [-0.15, -0.1) is 0 Å². The molecule has 0 aromatic heterocycles. The zero-order valence-corrected chi connectivity index (χ0v) is 11.4. The number of benzene rings is 1. The average molecular weight is 277 g/mol. The van der Waals surface area contributed by atoms with E-state index < -0.39 is 0 Å². The number of carbonyl (C=O) groups is 1. The van der Waals surface area contributed by atoms with Crippen molar-refractivity contribution in [2.24, 2.45) is 0 Å². The van der Waals surface area contributed by atoms with E-state index >= 15 is 0 Å². The zero-order chi connectivity index (χ0) is 13.9. The molecule has 1 aliphatic carbocycles. The number of hydrazine groups is 1. The van der Waals surface area contributed by atoms with Gasteiger partial charge in [0.2, 0.25) is 5.91 Å². The Labute approximate surface area is 118 Å². The second-order valence-corrected chi connectivity index (χ2v) is 5.62. The first-order chi connectivity index (χ1) is 9.72. The Morgan fingerprint density at radius 1 is 1.40 bits per heavy atom. The van der Waals surface area contributed by atoms with Crippen molar-refractivity contribution in [3.8, 4) is 0 Å². The van der Waals surface area contributed by atoms with Crippen molar-refractivity contribution in [1.82, 2.24) is 16.2 Å². The molecule has 2 atom stereocenters. The summed E-state index contributed by atoms with van der Waals surface area (Å²) in [4.78, 5) is 12.1. The molecule has 5 heteroatoms. The van der Waals surface area contributed by atoms with E-state index in [-0.39, 0.29) is 23.8 Å². The molecule has 4 nitrogen and oxygen atoms in total. The highest BCUT2D eigenvalue weighted by Gasteiger charge is 2.24. The predicted molar refractivity (Wildman–Crippen MR) is 74.4 cm³/mol. The van der Waals surface area contributed by atoms with E-state index in [0.29, 0.717) is 6.42 Å². The van der Waals surface area contributed by atoms with Crippen LogP contribution in [0.1, 0.15) is 42.9 Å². The lowest BCUT2D eigenvalue weighted by Crippen LogP contribution is -2.37. The minimum atomic E-state index is -0.230. The van der Waals surface area contributed by atoms with E-state index in [1.54, 1.807) is 6.07 Å². The summed E-state index contributed by atoms with van der Waals surface area (Å²) in [6.45, 7) is 0.898. The van der Waals surface area contributed by atoms with Crippen LogP contribution in [0.3, 0.4) is 0 Å². The summed E-state index contributed by atoms with van der Waals surface area (Å²) in [6.07, 6.45) is 4.32. The van der Waals surface area contributed by atoms with Gasteiger partial charge in [-0.3, -0.25) is 15.6 Å². The molecular weight excluding hydrogens is 257 g/mol. The molecule has 1 heterocycles. The van der Waals surface area contributed by atoms with Gasteiger partial charge in [0.1, 0.15) is 5.82 Å². The summed E-state index contributed by atoms with van der Waals surface area (Å²) in [5.41, 5.74) is 8.21. The summed E-state index contributed by atoms with van der Waals surface area (Å²) in [5, 5.41) is 3.06. The molecule has 1 aromatic carbocycles. The number of halogens is 1. The Kier molecular flexibility index (Phi) is 3.98. The van der Waals surface area contributed by atoms with Crippen LogP contribution in [-0.2, 0) is 11.2 Å². The molecular formula is C15H20FN3O.